The number of amides is 3. The van der Waals surface area contributed by atoms with E-state index in [9.17, 15) is 9.59 Å². The van der Waals surface area contributed by atoms with Crippen molar-refractivity contribution < 1.29 is 14.3 Å². The number of carbonyl (C=O) groups is 2. The molecule has 142 valence electrons. The summed E-state index contributed by atoms with van der Waals surface area (Å²) in [6, 6.07) is 10.9. The van der Waals surface area contributed by atoms with Gasteiger partial charge >= 0.3 is 12.1 Å². The van der Waals surface area contributed by atoms with Crippen molar-refractivity contribution in [2.45, 2.75) is 26.3 Å². The number of carbonyl (C=O) groups excluding carboxylic acids is 2. The van der Waals surface area contributed by atoms with Gasteiger partial charge < -0.3 is 15.0 Å². The van der Waals surface area contributed by atoms with Gasteiger partial charge in [-0.1, -0.05) is 19.4 Å². The predicted molar refractivity (Wildman–Crippen MR) is 104 cm³/mol. The quantitative estimate of drug-likeness (QED) is 0.805. The maximum absolute atomic E-state index is 12.8. The third-order valence-corrected chi connectivity index (χ3v) is 4.36. The smallest absolute Gasteiger partial charge is 0.414 e. The molecule has 1 N–H and O–H groups in total. The van der Waals surface area contributed by atoms with E-state index in [0.29, 0.717) is 37.6 Å². The van der Waals surface area contributed by atoms with Gasteiger partial charge in [-0.15, -0.1) is 0 Å². The topological polar surface area (TPSA) is 74.8 Å². The van der Waals surface area contributed by atoms with Crippen LogP contribution in [0.2, 0.25) is 0 Å². The van der Waals surface area contributed by atoms with Crippen LogP contribution in [0.5, 0.6) is 0 Å². The highest BCUT2D eigenvalue weighted by Crippen LogP contribution is 2.23. The van der Waals surface area contributed by atoms with Crippen molar-refractivity contribution in [2.75, 3.05) is 29.9 Å². The van der Waals surface area contributed by atoms with Crippen LogP contribution in [0.4, 0.5) is 21.0 Å². The van der Waals surface area contributed by atoms with Crippen LogP contribution >= 0.6 is 0 Å². The summed E-state index contributed by atoms with van der Waals surface area (Å²) in [5.41, 5.74) is 2.39. The average molecular weight is 368 g/mol. The summed E-state index contributed by atoms with van der Waals surface area (Å²) in [6.45, 7) is 4.18. The van der Waals surface area contributed by atoms with E-state index >= 15 is 0 Å². The first-order valence-corrected chi connectivity index (χ1v) is 9.16. The number of rotatable bonds is 7. The van der Waals surface area contributed by atoms with Crippen molar-refractivity contribution in [1.82, 2.24) is 9.88 Å². The molecule has 2 aromatic rings. The van der Waals surface area contributed by atoms with E-state index in [0.717, 1.165) is 18.4 Å². The Hall–Kier alpha value is -3.09. The van der Waals surface area contributed by atoms with Gasteiger partial charge in [-0.05, 0) is 42.3 Å². The molecule has 1 aromatic heterocycles. The van der Waals surface area contributed by atoms with E-state index in [1.165, 1.54) is 0 Å². The second-order valence-electron chi connectivity index (χ2n) is 6.38. The predicted octanol–water partition coefficient (Wildman–Crippen LogP) is 3.87. The van der Waals surface area contributed by atoms with Crippen molar-refractivity contribution in [3.05, 3.63) is 54.4 Å². The van der Waals surface area contributed by atoms with Gasteiger partial charge in [-0.3, -0.25) is 9.88 Å². The van der Waals surface area contributed by atoms with Crippen molar-refractivity contribution in [3.8, 4) is 0 Å². The van der Waals surface area contributed by atoms with Gasteiger partial charge in [-0.2, -0.15) is 0 Å². The number of pyridine rings is 1. The Balaban J connectivity index is 1.70. The first kappa shape index (κ1) is 18.7. The third kappa shape index (κ3) is 4.97. The molecule has 0 spiro atoms. The van der Waals surface area contributed by atoms with Gasteiger partial charge in [0, 0.05) is 36.9 Å². The lowest BCUT2D eigenvalue weighted by atomic mass is 10.2. The van der Waals surface area contributed by atoms with E-state index in [1.807, 2.05) is 30.3 Å². The molecule has 7 heteroatoms. The van der Waals surface area contributed by atoms with Crippen LogP contribution in [0.25, 0.3) is 0 Å². The number of cyclic esters (lactones) is 1. The van der Waals surface area contributed by atoms with E-state index in [4.69, 9.17) is 4.74 Å². The van der Waals surface area contributed by atoms with Crippen LogP contribution in [0.3, 0.4) is 0 Å². The summed E-state index contributed by atoms with van der Waals surface area (Å²) in [5.74, 6) is 0. The number of urea groups is 1. The zero-order valence-corrected chi connectivity index (χ0v) is 15.4. The Kier molecular flexibility index (Phi) is 6.25. The fourth-order valence-electron chi connectivity index (χ4n) is 2.89. The third-order valence-electron chi connectivity index (χ3n) is 4.36. The number of unbranched alkanes of at least 4 members (excludes halogenated alkanes) is 1. The molecular weight excluding hydrogens is 344 g/mol. The number of nitrogens with one attached hydrogen (secondary N) is 1. The van der Waals surface area contributed by atoms with Gasteiger partial charge in [0.25, 0.3) is 0 Å². The molecule has 0 bridgehead atoms. The lowest BCUT2D eigenvalue weighted by molar-refractivity contribution is 0.181. The van der Waals surface area contributed by atoms with Gasteiger partial charge in [0.1, 0.15) is 6.61 Å². The molecule has 0 unspecified atom stereocenters. The Bertz CT molecular complexity index is 782. The summed E-state index contributed by atoms with van der Waals surface area (Å²) >= 11 is 0. The molecule has 2 heterocycles. The Morgan fingerprint density at radius 2 is 2.11 bits per heavy atom. The molecule has 1 saturated heterocycles. The number of nitrogens with zero attached hydrogens (tertiary/aromatic N) is 3. The number of hydrogen-bond acceptors (Lipinski definition) is 4. The first-order valence-electron chi connectivity index (χ1n) is 9.16. The first-order chi connectivity index (χ1) is 13.2. The molecule has 0 saturated carbocycles. The van der Waals surface area contributed by atoms with Crippen LogP contribution in [0.1, 0.15) is 25.3 Å². The number of ether oxygens (including phenoxy) is 1. The maximum atomic E-state index is 12.8. The number of aromatic nitrogens is 1. The van der Waals surface area contributed by atoms with Gasteiger partial charge in [0.15, 0.2) is 0 Å². The Morgan fingerprint density at radius 1 is 1.30 bits per heavy atom. The fourth-order valence-corrected chi connectivity index (χ4v) is 2.89. The van der Waals surface area contributed by atoms with Crippen LogP contribution in [-0.2, 0) is 11.3 Å². The molecule has 1 aromatic carbocycles. The number of hydrogen-bond donors (Lipinski definition) is 1. The molecule has 3 amide bonds. The summed E-state index contributed by atoms with van der Waals surface area (Å²) in [6.07, 6.45) is 5.03. The van der Waals surface area contributed by atoms with E-state index in [-0.39, 0.29) is 12.1 Å². The zero-order chi connectivity index (χ0) is 19.1. The minimum Gasteiger partial charge on any atom is -0.447 e. The maximum Gasteiger partial charge on any atom is 0.414 e. The van der Waals surface area contributed by atoms with Crippen LogP contribution < -0.4 is 10.2 Å². The monoisotopic (exact) mass is 368 g/mol. The number of anilines is 2. The molecule has 27 heavy (non-hydrogen) atoms. The highest BCUT2D eigenvalue weighted by Gasteiger charge is 2.24. The minimum atomic E-state index is -0.360. The van der Waals surface area contributed by atoms with E-state index in [1.54, 1.807) is 28.3 Å². The summed E-state index contributed by atoms with van der Waals surface area (Å²) < 4.78 is 4.98. The second kappa shape index (κ2) is 9.02. The largest absolute Gasteiger partial charge is 0.447 e. The molecule has 3 rings (SSSR count). The van der Waals surface area contributed by atoms with Gasteiger partial charge in [-0.25, -0.2) is 9.59 Å². The minimum absolute atomic E-state index is 0.165. The van der Waals surface area contributed by atoms with E-state index < -0.39 is 0 Å². The van der Waals surface area contributed by atoms with Crippen LogP contribution in [-0.4, -0.2) is 41.7 Å². The molecule has 1 aliphatic heterocycles. The fraction of sp³-hybridized carbons (Fsp3) is 0.350. The van der Waals surface area contributed by atoms with E-state index in [2.05, 4.69) is 17.2 Å². The second-order valence-corrected chi connectivity index (χ2v) is 6.38. The molecule has 1 fully saturated rings. The lowest BCUT2D eigenvalue weighted by Gasteiger charge is -2.23. The molecule has 1 aliphatic rings. The van der Waals surface area contributed by atoms with Crippen molar-refractivity contribution in [2.24, 2.45) is 0 Å². The molecule has 0 radical (unpaired) electrons. The van der Waals surface area contributed by atoms with Crippen molar-refractivity contribution in [1.29, 1.82) is 0 Å². The molecule has 0 aliphatic carbocycles. The number of benzene rings is 1. The molecule has 7 nitrogen and oxygen atoms in total. The van der Waals surface area contributed by atoms with Gasteiger partial charge in [0.2, 0.25) is 0 Å². The van der Waals surface area contributed by atoms with Crippen molar-refractivity contribution >= 4 is 23.5 Å². The van der Waals surface area contributed by atoms with Crippen LogP contribution in [0, 0.1) is 0 Å². The van der Waals surface area contributed by atoms with Crippen LogP contribution in [0.15, 0.2) is 48.8 Å². The average Bonchev–Trinajstić information content (AvgIpc) is 3.12. The summed E-state index contributed by atoms with van der Waals surface area (Å²) in [4.78, 5) is 31.9. The highest BCUT2D eigenvalue weighted by molar-refractivity contribution is 5.93. The molecule has 0 atom stereocenters. The highest BCUT2D eigenvalue weighted by atomic mass is 16.6. The zero-order valence-electron chi connectivity index (χ0n) is 15.4. The lowest BCUT2D eigenvalue weighted by Crippen LogP contribution is -2.35. The summed E-state index contributed by atoms with van der Waals surface area (Å²) in [5, 5.41) is 2.94. The Morgan fingerprint density at radius 3 is 2.81 bits per heavy atom. The van der Waals surface area contributed by atoms with Gasteiger partial charge in [0.05, 0.1) is 6.54 Å². The standard InChI is InChI=1S/C20H24N4O3/c1-2-3-11-23(15-16-7-9-21-10-8-16)19(25)22-17-5-4-6-18(14-17)24-12-13-27-20(24)26/h4-10,14H,2-3,11-13,15H2,1H3,(H,22,25). The Labute approximate surface area is 158 Å². The SMILES string of the molecule is CCCCN(Cc1ccncc1)C(=O)Nc1cccc(N2CCOC2=O)c1. The van der Waals surface area contributed by atoms with Crippen molar-refractivity contribution in [3.63, 3.8) is 0 Å². The normalized spacial score (nSPS) is 13.4. The summed E-state index contributed by atoms with van der Waals surface area (Å²) in [7, 11) is 0. The molecular formula is C20H24N4O3.